The number of anilines is 2. The van der Waals surface area contributed by atoms with Crippen LogP contribution < -0.4 is 10.6 Å². The van der Waals surface area contributed by atoms with Gasteiger partial charge in [0, 0.05) is 10.9 Å². The Balaban J connectivity index is 1.94. The van der Waals surface area contributed by atoms with Crippen molar-refractivity contribution in [2.75, 3.05) is 10.6 Å². The molecule has 3 rings (SSSR count). The van der Waals surface area contributed by atoms with Gasteiger partial charge in [-0.3, -0.25) is 0 Å². The van der Waals surface area contributed by atoms with Crippen LogP contribution in [0.15, 0.2) is 35.7 Å². The molecule has 0 radical (unpaired) electrons. The van der Waals surface area contributed by atoms with Gasteiger partial charge >= 0.3 is 0 Å². The fourth-order valence-electron chi connectivity index (χ4n) is 2.18. The number of thiophene rings is 1. The molecule has 1 aromatic carbocycles. The number of nitrogens with zero attached hydrogens (tertiary/aromatic N) is 1. The molecule has 1 saturated carbocycles. The molecule has 4 heteroatoms. The maximum atomic E-state index is 14.0. The third-order valence-corrected chi connectivity index (χ3v) is 4.06. The van der Waals surface area contributed by atoms with Gasteiger partial charge in [0.2, 0.25) is 0 Å². The van der Waals surface area contributed by atoms with Crippen molar-refractivity contribution in [1.29, 1.82) is 0 Å². The average molecular weight is 262 g/mol. The van der Waals surface area contributed by atoms with Gasteiger partial charge < -0.3 is 10.6 Å². The molecule has 0 bridgehead atoms. The molecule has 1 aromatic heterocycles. The van der Waals surface area contributed by atoms with E-state index in [0.29, 0.717) is 17.4 Å². The third kappa shape index (κ3) is 2.20. The maximum Gasteiger partial charge on any atom is 0.148 e. The minimum atomic E-state index is -0.224. The van der Waals surface area contributed by atoms with Gasteiger partial charge in [-0.05, 0) is 36.4 Å². The molecule has 0 saturated heterocycles. The lowest BCUT2D eigenvalue weighted by atomic mass is 10.2. The minimum absolute atomic E-state index is 0.224. The Hall–Kier alpha value is -1.55. The Kier molecular flexibility index (Phi) is 2.96. The molecular formula is C14H15FN2S. The van der Waals surface area contributed by atoms with Crippen LogP contribution in [0.4, 0.5) is 15.8 Å². The zero-order valence-corrected chi connectivity index (χ0v) is 10.8. The van der Waals surface area contributed by atoms with Gasteiger partial charge in [0.05, 0.1) is 17.9 Å². The van der Waals surface area contributed by atoms with E-state index in [1.54, 1.807) is 23.5 Å². The van der Waals surface area contributed by atoms with Gasteiger partial charge in [0.25, 0.3) is 0 Å². The smallest absolute Gasteiger partial charge is 0.148 e. The molecule has 2 N–H and O–H groups in total. The fourth-order valence-corrected chi connectivity index (χ4v) is 2.89. The van der Waals surface area contributed by atoms with Crippen LogP contribution in [0.5, 0.6) is 0 Å². The normalized spacial score (nSPS) is 14.7. The van der Waals surface area contributed by atoms with Crippen molar-refractivity contribution in [2.45, 2.75) is 25.4 Å². The molecule has 1 fully saturated rings. The predicted octanol–water partition coefficient (Wildman–Crippen LogP) is 3.64. The van der Waals surface area contributed by atoms with Crippen LogP contribution in [0, 0.1) is 5.82 Å². The lowest BCUT2D eigenvalue weighted by molar-refractivity contribution is 0.616. The SMILES string of the molecule is Nc1cccc(F)c1N(Cc1cccs1)C1CC1. The summed E-state index contributed by atoms with van der Waals surface area (Å²) in [6.45, 7) is 0.744. The van der Waals surface area contributed by atoms with Gasteiger partial charge in [-0.1, -0.05) is 12.1 Å². The van der Waals surface area contributed by atoms with E-state index in [0.717, 1.165) is 19.4 Å². The van der Waals surface area contributed by atoms with Crippen LogP contribution in [-0.2, 0) is 6.54 Å². The fraction of sp³-hybridized carbons (Fsp3) is 0.286. The highest BCUT2D eigenvalue weighted by atomic mass is 32.1. The molecule has 18 heavy (non-hydrogen) atoms. The summed E-state index contributed by atoms with van der Waals surface area (Å²) in [6, 6.07) is 9.45. The summed E-state index contributed by atoms with van der Waals surface area (Å²) < 4.78 is 14.0. The molecule has 1 heterocycles. The number of nitrogens with two attached hydrogens (primary N) is 1. The number of hydrogen-bond acceptors (Lipinski definition) is 3. The molecule has 1 aliphatic carbocycles. The second kappa shape index (κ2) is 4.61. The van der Waals surface area contributed by atoms with Gasteiger partial charge in [0.1, 0.15) is 5.82 Å². The number of halogens is 1. The predicted molar refractivity (Wildman–Crippen MR) is 74.3 cm³/mol. The Labute approximate surface area is 110 Å². The second-order valence-electron chi connectivity index (χ2n) is 4.62. The first-order valence-electron chi connectivity index (χ1n) is 6.08. The Morgan fingerprint density at radius 1 is 1.28 bits per heavy atom. The van der Waals surface area contributed by atoms with E-state index in [2.05, 4.69) is 11.0 Å². The Bertz CT molecular complexity index is 514. The summed E-state index contributed by atoms with van der Waals surface area (Å²) in [4.78, 5) is 3.35. The van der Waals surface area contributed by atoms with Crippen LogP contribution in [0.1, 0.15) is 17.7 Å². The summed E-state index contributed by atoms with van der Waals surface area (Å²) in [7, 11) is 0. The summed E-state index contributed by atoms with van der Waals surface area (Å²) in [6.07, 6.45) is 2.25. The van der Waals surface area contributed by atoms with Crippen LogP contribution in [0.2, 0.25) is 0 Å². The molecule has 2 aromatic rings. The highest BCUT2D eigenvalue weighted by molar-refractivity contribution is 7.09. The summed E-state index contributed by atoms with van der Waals surface area (Å²) in [5.74, 6) is -0.224. The average Bonchev–Trinajstić information content (AvgIpc) is 3.06. The first kappa shape index (κ1) is 11.5. The molecule has 0 spiro atoms. The van der Waals surface area contributed by atoms with Crippen molar-refractivity contribution < 1.29 is 4.39 Å². The number of benzene rings is 1. The number of hydrogen-bond donors (Lipinski definition) is 1. The first-order chi connectivity index (χ1) is 8.75. The lowest BCUT2D eigenvalue weighted by Gasteiger charge is -2.26. The maximum absolute atomic E-state index is 14.0. The van der Waals surface area contributed by atoms with Crippen molar-refractivity contribution in [3.63, 3.8) is 0 Å². The van der Waals surface area contributed by atoms with Crippen LogP contribution >= 0.6 is 11.3 Å². The van der Waals surface area contributed by atoms with E-state index in [1.165, 1.54) is 10.9 Å². The molecule has 2 nitrogen and oxygen atoms in total. The Morgan fingerprint density at radius 2 is 2.11 bits per heavy atom. The lowest BCUT2D eigenvalue weighted by Crippen LogP contribution is -2.26. The van der Waals surface area contributed by atoms with Crippen molar-refractivity contribution in [1.82, 2.24) is 0 Å². The number of para-hydroxylation sites is 1. The summed E-state index contributed by atoms with van der Waals surface area (Å²) >= 11 is 1.70. The van der Waals surface area contributed by atoms with Crippen molar-refractivity contribution in [2.24, 2.45) is 0 Å². The zero-order valence-electron chi connectivity index (χ0n) is 9.97. The largest absolute Gasteiger partial charge is 0.397 e. The van der Waals surface area contributed by atoms with Crippen LogP contribution in [0.3, 0.4) is 0 Å². The summed E-state index contributed by atoms with van der Waals surface area (Å²) in [5.41, 5.74) is 7.03. The van der Waals surface area contributed by atoms with Crippen molar-refractivity contribution in [3.05, 3.63) is 46.4 Å². The van der Waals surface area contributed by atoms with Crippen molar-refractivity contribution >= 4 is 22.7 Å². The highest BCUT2D eigenvalue weighted by Gasteiger charge is 2.32. The van der Waals surface area contributed by atoms with Gasteiger partial charge in [-0.25, -0.2) is 4.39 Å². The topological polar surface area (TPSA) is 29.3 Å². The van der Waals surface area contributed by atoms with E-state index in [1.807, 2.05) is 11.4 Å². The molecule has 1 aliphatic rings. The van der Waals surface area contributed by atoms with Crippen molar-refractivity contribution in [3.8, 4) is 0 Å². The molecule has 0 amide bonds. The minimum Gasteiger partial charge on any atom is -0.397 e. The zero-order chi connectivity index (χ0) is 12.5. The highest BCUT2D eigenvalue weighted by Crippen LogP contribution is 2.38. The van der Waals surface area contributed by atoms with E-state index in [-0.39, 0.29) is 5.82 Å². The van der Waals surface area contributed by atoms with Crippen LogP contribution in [-0.4, -0.2) is 6.04 Å². The quantitative estimate of drug-likeness (QED) is 0.852. The Morgan fingerprint density at radius 3 is 2.72 bits per heavy atom. The first-order valence-corrected chi connectivity index (χ1v) is 6.96. The molecule has 0 unspecified atom stereocenters. The third-order valence-electron chi connectivity index (χ3n) is 3.20. The van der Waals surface area contributed by atoms with E-state index in [4.69, 9.17) is 5.73 Å². The van der Waals surface area contributed by atoms with Gasteiger partial charge in [0.15, 0.2) is 0 Å². The summed E-state index contributed by atoms with van der Waals surface area (Å²) in [5, 5.41) is 2.05. The van der Waals surface area contributed by atoms with E-state index < -0.39 is 0 Å². The van der Waals surface area contributed by atoms with E-state index in [9.17, 15) is 4.39 Å². The van der Waals surface area contributed by atoms with Gasteiger partial charge in [-0.15, -0.1) is 11.3 Å². The number of rotatable bonds is 4. The van der Waals surface area contributed by atoms with Gasteiger partial charge in [-0.2, -0.15) is 0 Å². The molecule has 0 atom stereocenters. The van der Waals surface area contributed by atoms with E-state index >= 15 is 0 Å². The monoisotopic (exact) mass is 262 g/mol. The standard InChI is InChI=1S/C14H15FN2S/c15-12-4-1-5-13(16)14(12)17(10-6-7-10)9-11-3-2-8-18-11/h1-5,8,10H,6-7,9,16H2. The molecule has 94 valence electrons. The molecular weight excluding hydrogens is 247 g/mol. The molecule has 0 aliphatic heterocycles. The second-order valence-corrected chi connectivity index (χ2v) is 5.65. The van der Waals surface area contributed by atoms with Crippen LogP contribution in [0.25, 0.3) is 0 Å². The number of nitrogen functional groups attached to an aromatic ring is 1.